The van der Waals surface area contributed by atoms with Gasteiger partial charge >= 0.3 is 5.97 Å². The van der Waals surface area contributed by atoms with Gasteiger partial charge in [-0.25, -0.2) is 4.79 Å². The highest BCUT2D eigenvalue weighted by Crippen LogP contribution is 2.33. The fraction of sp³-hybridized carbons (Fsp3) is 0. The fourth-order valence-electron chi connectivity index (χ4n) is 1.38. The summed E-state index contributed by atoms with van der Waals surface area (Å²) in [7, 11) is -4.14. The predicted octanol–water partition coefficient (Wildman–Crippen LogP) is 3.74. The first-order valence-corrected chi connectivity index (χ1v) is 7.83. The van der Waals surface area contributed by atoms with Gasteiger partial charge in [0.1, 0.15) is 0 Å². The van der Waals surface area contributed by atoms with Gasteiger partial charge in [-0.05, 0) is 24.3 Å². The molecule has 0 aliphatic heterocycles. The minimum absolute atomic E-state index is 0.0145. The first-order valence-electron chi connectivity index (χ1n) is 5.21. The second-order valence-electron chi connectivity index (χ2n) is 3.78. The van der Waals surface area contributed by atoms with E-state index in [1.165, 1.54) is 12.1 Å². The topological polar surface area (TPSA) is 96.6 Å². The third-order valence-electron chi connectivity index (χ3n) is 2.31. The van der Waals surface area contributed by atoms with Crippen LogP contribution in [0.4, 0.5) is 5.69 Å². The Bertz CT molecular complexity index is 815. The van der Waals surface area contributed by atoms with Crippen LogP contribution >= 0.6 is 34.8 Å². The molecule has 2 aromatic rings. The first-order chi connectivity index (χ1) is 9.70. The summed E-state index contributed by atoms with van der Waals surface area (Å²) in [4.78, 5) is 10.7. The van der Waals surface area contributed by atoms with Gasteiger partial charge in [-0.1, -0.05) is 34.8 Å². The number of furan rings is 1. The van der Waals surface area contributed by atoms with E-state index in [9.17, 15) is 13.2 Å². The molecule has 0 unspecified atom stereocenters. The average molecular weight is 371 g/mol. The SMILES string of the molecule is O=C(O)c1ccc(S(=O)(=O)Nc2cc(Cl)c(Cl)cc2Cl)o1. The molecule has 0 saturated heterocycles. The molecule has 2 rings (SSSR count). The molecule has 0 aliphatic carbocycles. The Morgan fingerprint density at radius 2 is 1.71 bits per heavy atom. The quantitative estimate of drug-likeness (QED) is 0.799. The van der Waals surface area contributed by atoms with Crippen molar-refractivity contribution in [2.24, 2.45) is 0 Å². The summed E-state index contributed by atoms with van der Waals surface area (Å²) in [6.45, 7) is 0. The highest BCUT2D eigenvalue weighted by molar-refractivity contribution is 7.92. The number of hydrogen-bond acceptors (Lipinski definition) is 4. The largest absolute Gasteiger partial charge is 0.475 e. The number of sulfonamides is 1. The summed E-state index contributed by atoms with van der Waals surface area (Å²) >= 11 is 17.4. The molecular weight excluding hydrogens is 365 g/mol. The van der Waals surface area contributed by atoms with Gasteiger partial charge in [-0.3, -0.25) is 4.72 Å². The maximum absolute atomic E-state index is 12.1. The molecule has 112 valence electrons. The van der Waals surface area contributed by atoms with E-state index in [2.05, 4.69) is 4.72 Å². The van der Waals surface area contributed by atoms with Crippen LogP contribution in [-0.2, 0) is 10.0 Å². The molecule has 1 aromatic carbocycles. The van der Waals surface area contributed by atoms with Gasteiger partial charge < -0.3 is 9.52 Å². The molecule has 6 nitrogen and oxygen atoms in total. The molecule has 10 heteroatoms. The minimum atomic E-state index is -4.14. The van der Waals surface area contributed by atoms with Crippen molar-refractivity contribution in [1.29, 1.82) is 0 Å². The monoisotopic (exact) mass is 369 g/mol. The summed E-state index contributed by atoms with van der Waals surface area (Å²) in [6, 6.07) is 4.53. The number of carboxylic acids is 1. The van der Waals surface area contributed by atoms with Crippen molar-refractivity contribution in [3.63, 3.8) is 0 Å². The van der Waals surface area contributed by atoms with Crippen LogP contribution in [0.1, 0.15) is 10.6 Å². The molecule has 0 radical (unpaired) electrons. The number of hydrogen-bond donors (Lipinski definition) is 2. The molecule has 0 amide bonds. The predicted molar refractivity (Wildman–Crippen MR) is 77.9 cm³/mol. The Morgan fingerprint density at radius 1 is 1.10 bits per heavy atom. The molecule has 21 heavy (non-hydrogen) atoms. The molecule has 0 fully saturated rings. The van der Waals surface area contributed by atoms with Crippen molar-refractivity contribution < 1.29 is 22.7 Å². The summed E-state index contributed by atoms with van der Waals surface area (Å²) in [5.74, 6) is -1.89. The molecular formula is C11H6Cl3NO5S. The number of nitrogens with one attached hydrogen (secondary N) is 1. The van der Waals surface area contributed by atoms with Crippen molar-refractivity contribution >= 4 is 56.5 Å². The van der Waals surface area contributed by atoms with Crippen LogP contribution in [0.3, 0.4) is 0 Å². The molecule has 0 atom stereocenters. The van der Waals surface area contributed by atoms with E-state index < -0.39 is 26.8 Å². The molecule has 0 saturated carbocycles. The zero-order valence-corrected chi connectivity index (χ0v) is 13.0. The first kappa shape index (κ1) is 16.0. The lowest BCUT2D eigenvalue weighted by atomic mass is 10.3. The number of carbonyl (C=O) groups is 1. The average Bonchev–Trinajstić information content (AvgIpc) is 2.86. The van der Waals surface area contributed by atoms with Crippen LogP contribution in [0.15, 0.2) is 33.8 Å². The van der Waals surface area contributed by atoms with Crippen molar-refractivity contribution in [2.45, 2.75) is 5.09 Å². The zero-order valence-electron chi connectivity index (χ0n) is 9.93. The number of carboxylic acid groups (broad SMARTS) is 1. The van der Waals surface area contributed by atoms with Crippen molar-refractivity contribution in [1.82, 2.24) is 0 Å². The smallest absolute Gasteiger partial charge is 0.371 e. The Hall–Kier alpha value is -1.41. The second-order valence-corrected chi connectivity index (χ2v) is 6.61. The number of aromatic carboxylic acids is 1. The van der Waals surface area contributed by atoms with E-state index in [4.69, 9.17) is 44.3 Å². The normalized spacial score (nSPS) is 11.4. The van der Waals surface area contributed by atoms with Gasteiger partial charge in [0.15, 0.2) is 0 Å². The lowest BCUT2D eigenvalue weighted by molar-refractivity contribution is 0.0656. The van der Waals surface area contributed by atoms with Crippen LogP contribution in [0.2, 0.25) is 15.1 Å². The van der Waals surface area contributed by atoms with E-state index in [1.54, 1.807) is 0 Å². The van der Waals surface area contributed by atoms with Crippen molar-refractivity contribution in [3.05, 3.63) is 45.1 Å². The van der Waals surface area contributed by atoms with E-state index in [-0.39, 0.29) is 20.8 Å². The lowest BCUT2D eigenvalue weighted by Crippen LogP contribution is -2.12. The van der Waals surface area contributed by atoms with Gasteiger partial charge in [0.05, 0.1) is 20.8 Å². The third kappa shape index (κ3) is 3.44. The Labute approximate surface area is 134 Å². The Kier molecular flexibility index (Phi) is 4.38. The maximum Gasteiger partial charge on any atom is 0.371 e. The number of halogens is 3. The van der Waals surface area contributed by atoms with Gasteiger partial charge in [0.25, 0.3) is 10.0 Å². The van der Waals surface area contributed by atoms with Crippen LogP contribution < -0.4 is 4.72 Å². The van der Waals surface area contributed by atoms with Gasteiger partial charge in [0, 0.05) is 0 Å². The molecule has 2 N–H and O–H groups in total. The van der Waals surface area contributed by atoms with Crippen molar-refractivity contribution in [2.75, 3.05) is 4.72 Å². The zero-order chi connectivity index (χ0) is 15.8. The summed E-state index contributed by atoms with van der Waals surface area (Å²) in [6.07, 6.45) is 0. The van der Waals surface area contributed by atoms with Crippen LogP contribution in [0.5, 0.6) is 0 Å². The van der Waals surface area contributed by atoms with Gasteiger partial charge in [-0.15, -0.1) is 0 Å². The standard InChI is InChI=1S/C11H6Cl3NO5S/c12-5-3-7(14)8(4-6(5)13)15-21(18,19)10-2-1-9(20-10)11(16)17/h1-4,15H,(H,16,17). The summed E-state index contributed by atoms with van der Waals surface area (Å²) in [5, 5.41) is 8.42. The molecule has 0 bridgehead atoms. The van der Waals surface area contributed by atoms with Crippen molar-refractivity contribution in [3.8, 4) is 0 Å². The maximum atomic E-state index is 12.1. The third-order valence-corrected chi connectivity index (χ3v) is 4.58. The number of benzene rings is 1. The highest BCUT2D eigenvalue weighted by Gasteiger charge is 2.22. The minimum Gasteiger partial charge on any atom is -0.475 e. The van der Waals surface area contributed by atoms with Gasteiger partial charge in [-0.2, -0.15) is 8.42 Å². The molecule has 0 aliphatic rings. The highest BCUT2D eigenvalue weighted by atomic mass is 35.5. The Morgan fingerprint density at radius 3 is 2.29 bits per heavy atom. The molecule has 0 spiro atoms. The summed E-state index contributed by atoms with van der Waals surface area (Å²) in [5.41, 5.74) is -0.0145. The second kappa shape index (κ2) is 5.76. The van der Waals surface area contributed by atoms with E-state index in [1.807, 2.05) is 0 Å². The van der Waals surface area contributed by atoms with E-state index in [0.717, 1.165) is 12.1 Å². The van der Waals surface area contributed by atoms with Crippen LogP contribution in [0.25, 0.3) is 0 Å². The number of rotatable bonds is 4. The van der Waals surface area contributed by atoms with Gasteiger partial charge in [0.2, 0.25) is 10.9 Å². The van der Waals surface area contributed by atoms with Crippen LogP contribution in [-0.4, -0.2) is 19.5 Å². The summed E-state index contributed by atoms with van der Waals surface area (Å²) < 4.78 is 31.0. The fourth-order valence-corrected chi connectivity index (χ4v) is 3.03. The molecule has 1 aromatic heterocycles. The lowest BCUT2D eigenvalue weighted by Gasteiger charge is -2.09. The Balaban J connectivity index is 2.37. The molecule has 1 heterocycles. The van der Waals surface area contributed by atoms with E-state index in [0.29, 0.717) is 0 Å². The van der Waals surface area contributed by atoms with Crippen LogP contribution in [0, 0.1) is 0 Å². The van der Waals surface area contributed by atoms with E-state index >= 15 is 0 Å². The number of anilines is 1.